The van der Waals surface area contributed by atoms with Gasteiger partial charge in [0.25, 0.3) is 5.91 Å². The number of aromatic nitrogens is 1. The van der Waals surface area contributed by atoms with E-state index >= 15 is 0 Å². The minimum Gasteiger partial charge on any atom is -0.508 e. The Morgan fingerprint density at radius 2 is 2.21 bits per heavy atom. The summed E-state index contributed by atoms with van der Waals surface area (Å²) < 4.78 is 0.708. The van der Waals surface area contributed by atoms with Crippen LogP contribution in [0.4, 0.5) is 5.69 Å². The molecule has 0 fully saturated rings. The number of amides is 1. The summed E-state index contributed by atoms with van der Waals surface area (Å²) in [5.74, 6) is -0.277. The van der Waals surface area contributed by atoms with E-state index in [-0.39, 0.29) is 16.8 Å². The Morgan fingerprint density at radius 3 is 2.95 bits per heavy atom. The lowest BCUT2D eigenvalue weighted by atomic mass is 10.1. The van der Waals surface area contributed by atoms with Crippen LogP contribution in [0.2, 0.25) is 5.15 Å². The first kappa shape index (κ1) is 13.8. The van der Waals surface area contributed by atoms with Crippen molar-refractivity contribution in [1.82, 2.24) is 4.98 Å². The molecular weight excluding hydrogens is 332 g/mol. The molecule has 98 valence electrons. The molecule has 0 saturated heterocycles. The number of rotatable bonds is 2. The number of nitrogens with zero attached hydrogens (tertiary/aromatic N) is 1. The van der Waals surface area contributed by atoms with Gasteiger partial charge in [0.15, 0.2) is 5.15 Å². The van der Waals surface area contributed by atoms with Gasteiger partial charge in [-0.3, -0.25) is 4.79 Å². The van der Waals surface area contributed by atoms with E-state index in [0.29, 0.717) is 21.3 Å². The summed E-state index contributed by atoms with van der Waals surface area (Å²) in [5, 5.41) is 12.5. The number of nitrogens with one attached hydrogen (secondary N) is 1. The highest BCUT2D eigenvalue weighted by Crippen LogP contribution is 2.25. The largest absolute Gasteiger partial charge is 0.508 e. The molecule has 0 aliphatic heterocycles. The van der Waals surface area contributed by atoms with Gasteiger partial charge < -0.3 is 10.4 Å². The summed E-state index contributed by atoms with van der Waals surface area (Å²) in [4.78, 5) is 16.0. The zero-order valence-electron chi connectivity index (χ0n) is 9.95. The molecule has 4 nitrogen and oxygen atoms in total. The van der Waals surface area contributed by atoms with Gasteiger partial charge in [-0.15, -0.1) is 0 Å². The third kappa shape index (κ3) is 3.05. The van der Waals surface area contributed by atoms with E-state index in [2.05, 4.69) is 26.2 Å². The molecule has 19 heavy (non-hydrogen) atoms. The number of phenolic OH excluding ortho intramolecular Hbond substituents is 1. The summed E-state index contributed by atoms with van der Waals surface area (Å²) in [5.41, 5.74) is 1.30. The topological polar surface area (TPSA) is 62.2 Å². The molecule has 0 spiro atoms. The predicted molar refractivity (Wildman–Crippen MR) is 77.7 cm³/mol. The van der Waals surface area contributed by atoms with Gasteiger partial charge >= 0.3 is 0 Å². The summed E-state index contributed by atoms with van der Waals surface area (Å²) in [7, 11) is 0. The molecular formula is C13H10BrClN2O2. The maximum absolute atomic E-state index is 12.1. The van der Waals surface area contributed by atoms with Crippen molar-refractivity contribution in [1.29, 1.82) is 0 Å². The Labute approximate surface area is 123 Å². The number of hydrogen-bond donors (Lipinski definition) is 2. The van der Waals surface area contributed by atoms with Gasteiger partial charge in [0.05, 0.1) is 5.69 Å². The van der Waals surface area contributed by atoms with Crippen molar-refractivity contribution in [3.05, 3.63) is 51.2 Å². The number of carbonyl (C=O) groups is 1. The van der Waals surface area contributed by atoms with E-state index in [1.807, 2.05) is 0 Å². The standard InChI is InChI=1S/C13H10BrClN2O2/c1-7-9(3-2-4-11(7)18)13(19)17-10-5-8(14)6-16-12(10)15/h2-6,18H,1H3,(H,17,19). The van der Waals surface area contributed by atoms with Crippen LogP contribution in [0.1, 0.15) is 15.9 Å². The Morgan fingerprint density at radius 1 is 1.47 bits per heavy atom. The minimum atomic E-state index is -0.352. The summed E-state index contributed by atoms with van der Waals surface area (Å²) in [6.07, 6.45) is 1.54. The first-order valence-electron chi connectivity index (χ1n) is 5.40. The molecule has 0 bridgehead atoms. The van der Waals surface area contributed by atoms with E-state index in [4.69, 9.17) is 11.6 Å². The van der Waals surface area contributed by atoms with Crippen LogP contribution in [-0.4, -0.2) is 16.0 Å². The molecule has 0 aliphatic carbocycles. The van der Waals surface area contributed by atoms with E-state index < -0.39 is 0 Å². The van der Waals surface area contributed by atoms with Crippen molar-refractivity contribution in [2.45, 2.75) is 6.92 Å². The maximum atomic E-state index is 12.1. The van der Waals surface area contributed by atoms with Crippen molar-refractivity contribution in [3.8, 4) is 5.75 Å². The first-order chi connectivity index (χ1) is 8.99. The smallest absolute Gasteiger partial charge is 0.256 e. The van der Waals surface area contributed by atoms with Crippen LogP contribution < -0.4 is 5.32 Å². The molecule has 1 aromatic heterocycles. The normalized spacial score (nSPS) is 10.3. The number of phenols is 1. The van der Waals surface area contributed by atoms with Crippen molar-refractivity contribution in [2.24, 2.45) is 0 Å². The molecule has 0 atom stereocenters. The molecule has 1 heterocycles. The van der Waals surface area contributed by atoms with Gasteiger partial charge in [0.2, 0.25) is 0 Å². The molecule has 2 N–H and O–H groups in total. The van der Waals surface area contributed by atoms with E-state index in [9.17, 15) is 9.90 Å². The average molecular weight is 342 g/mol. The van der Waals surface area contributed by atoms with Gasteiger partial charge in [-0.1, -0.05) is 17.7 Å². The van der Waals surface area contributed by atoms with Crippen LogP contribution in [0.15, 0.2) is 34.9 Å². The lowest BCUT2D eigenvalue weighted by Gasteiger charge is -2.09. The summed E-state index contributed by atoms with van der Waals surface area (Å²) >= 11 is 9.16. The highest BCUT2D eigenvalue weighted by Gasteiger charge is 2.13. The average Bonchev–Trinajstić information content (AvgIpc) is 2.37. The molecule has 0 saturated carbocycles. The van der Waals surface area contributed by atoms with E-state index in [0.717, 1.165) is 0 Å². The number of carbonyl (C=O) groups excluding carboxylic acids is 1. The SMILES string of the molecule is Cc1c(O)cccc1C(=O)Nc1cc(Br)cnc1Cl. The van der Waals surface area contributed by atoms with Gasteiger partial charge in [-0.2, -0.15) is 0 Å². The lowest BCUT2D eigenvalue weighted by molar-refractivity contribution is 0.102. The van der Waals surface area contributed by atoms with Crippen molar-refractivity contribution >= 4 is 39.1 Å². The number of hydrogen-bond acceptors (Lipinski definition) is 3. The minimum absolute atomic E-state index is 0.0751. The van der Waals surface area contributed by atoms with Crippen LogP contribution in [0.5, 0.6) is 5.75 Å². The molecule has 2 aromatic rings. The van der Waals surface area contributed by atoms with Gasteiger partial charge in [0, 0.05) is 21.8 Å². The monoisotopic (exact) mass is 340 g/mol. The zero-order chi connectivity index (χ0) is 14.0. The molecule has 2 rings (SSSR count). The highest BCUT2D eigenvalue weighted by molar-refractivity contribution is 9.10. The molecule has 0 unspecified atom stereocenters. The van der Waals surface area contributed by atoms with Crippen LogP contribution in [-0.2, 0) is 0 Å². The Bertz CT molecular complexity index is 647. The van der Waals surface area contributed by atoms with Crippen molar-refractivity contribution in [3.63, 3.8) is 0 Å². The second-order valence-electron chi connectivity index (χ2n) is 3.90. The Balaban J connectivity index is 2.31. The van der Waals surface area contributed by atoms with Crippen LogP contribution in [0.3, 0.4) is 0 Å². The Hall–Kier alpha value is -1.59. The fraction of sp³-hybridized carbons (Fsp3) is 0.0769. The lowest BCUT2D eigenvalue weighted by Crippen LogP contribution is -2.14. The van der Waals surface area contributed by atoms with Crippen molar-refractivity contribution < 1.29 is 9.90 Å². The van der Waals surface area contributed by atoms with E-state index in [1.165, 1.54) is 12.3 Å². The van der Waals surface area contributed by atoms with Gasteiger partial charge in [-0.25, -0.2) is 4.98 Å². The third-order valence-electron chi connectivity index (χ3n) is 2.60. The van der Waals surface area contributed by atoms with Gasteiger partial charge in [0.1, 0.15) is 5.75 Å². The molecule has 1 aromatic carbocycles. The molecule has 0 aliphatic rings. The second-order valence-corrected chi connectivity index (χ2v) is 5.17. The fourth-order valence-corrected chi connectivity index (χ4v) is 2.05. The van der Waals surface area contributed by atoms with Crippen molar-refractivity contribution in [2.75, 3.05) is 5.32 Å². The predicted octanol–water partition coefficient (Wildman–Crippen LogP) is 3.76. The fourth-order valence-electron chi connectivity index (χ4n) is 1.57. The quantitative estimate of drug-likeness (QED) is 0.818. The number of anilines is 1. The summed E-state index contributed by atoms with van der Waals surface area (Å²) in [6, 6.07) is 6.42. The highest BCUT2D eigenvalue weighted by atomic mass is 79.9. The number of aromatic hydroxyl groups is 1. The number of halogens is 2. The molecule has 6 heteroatoms. The van der Waals surface area contributed by atoms with Crippen LogP contribution in [0.25, 0.3) is 0 Å². The Kier molecular flexibility index (Phi) is 4.07. The maximum Gasteiger partial charge on any atom is 0.256 e. The summed E-state index contributed by atoms with van der Waals surface area (Å²) in [6.45, 7) is 1.67. The van der Waals surface area contributed by atoms with Gasteiger partial charge in [-0.05, 0) is 41.1 Å². The van der Waals surface area contributed by atoms with Crippen LogP contribution >= 0.6 is 27.5 Å². The van der Waals surface area contributed by atoms with E-state index in [1.54, 1.807) is 25.1 Å². The second kappa shape index (κ2) is 5.59. The number of benzene rings is 1. The van der Waals surface area contributed by atoms with Crippen LogP contribution in [0, 0.1) is 6.92 Å². The zero-order valence-corrected chi connectivity index (χ0v) is 12.3. The third-order valence-corrected chi connectivity index (χ3v) is 3.34. The first-order valence-corrected chi connectivity index (χ1v) is 6.57. The molecule has 0 radical (unpaired) electrons. The molecule has 1 amide bonds. The number of pyridine rings is 1.